The molecule has 0 saturated carbocycles. The number of amides is 2. The van der Waals surface area contributed by atoms with Crippen LogP contribution in [0.2, 0.25) is 0 Å². The van der Waals surface area contributed by atoms with Gasteiger partial charge >= 0.3 is 12.4 Å². The topological polar surface area (TPSA) is 106 Å². The van der Waals surface area contributed by atoms with Crippen molar-refractivity contribution in [2.75, 3.05) is 26.3 Å². The Kier molecular flexibility index (Phi) is 7.62. The Morgan fingerprint density at radius 3 is 2.26 bits per heavy atom. The Balaban J connectivity index is 1.45. The normalized spacial score (nSPS) is 19.7. The molecule has 2 N–H and O–H groups in total. The summed E-state index contributed by atoms with van der Waals surface area (Å²) in [4.78, 5) is 17.1. The highest BCUT2D eigenvalue weighted by Gasteiger charge is 2.32. The molecule has 31 heavy (non-hydrogen) atoms. The first-order chi connectivity index (χ1) is 14.6. The molecule has 1 aromatic rings. The Morgan fingerprint density at radius 1 is 1.06 bits per heavy atom. The van der Waals surface area contributed by atoms with Crippen LogP contribution in [0.25, 0.3) is 0 Å². The van der Waals surface area contributed by atoms with E-state index in [1.165, 1.54) is 4.31 Å². The fraction of sp³-hybridized carbons (Fsp3) is 0.611. The third kappa shape index (κ3) is 6.95. The van der Waals surface area contributed by atoms with E-state index >= 15 is 0 Å². The fourth-order valence-electron chi connectivity index (χ4n) is 3.35. The lowest BCUT2D eigenvalue weighted by Gasteiger charge is -2.31. The number of sulfonamides is 1. The second-order valence-electron chi connectivity index (χ2n) is 7.20. The van der Waals surface area contributed by atoms with Gasteiger partial charge in [-0.15, -0.1) is 13.2 Å². The molecule has 2 fully saturated rings. The second-order valence-corrected chi connectivity index (χ2v) is 9.14. The highest BCUT2D eigenvalue weighted by molar-refractivity contribution is 7.89. The summed E-state index contributed by atoms with van der Waals surface area (Å²) in [6.45, 7) is 1.49. The molecule has 3 rings (SSSR count). The largest absolute Gasteiger partial charge is 0.573 e. The summed E-state index contributed by atoms with van der Waals surface area (Å²) < 4.78 is 72.3. The van der Waals surface area contributed by atoms with Crippen LogP contribution >= 0.6 is 0 Å². The number of benzene rings is 1. The molecule has 0 unspecified atom stereocenters. The van der Waals surface area contributed by atoms with Crippen LogP contribution in [0.15, 0.2) is 29.2 Å². The minimum atomic E-state index is -4.85. The van der Waals surface area contributed by atoms with Gasteiger partial charge in [-0.3, -0.25) is 4.84 Å². The number of ether oxygens (including phenoxy) is 2. The van der Waals surface area contributed by atoms with Crippen LogP contribution in [0.1, 0.15) is 25.7 Å². The molecule has 0 aliphatic carbocycles. The predicted molar refractivity (Wildman–Crippen MR) is 101 cm³/mol. The van der Waals surface area contributed by atoms with Crippen LogP contribution < -0.4 is 15.5 Å². The number of alkyl halides is 3. The average Bonchev–Trinajstić information content (AvgIpc) is 2.72. The lowest BCUT2D eigenvalue weighted by Crippen LogP contribution is -2.47. The van der Waals surface area contributed by atoms with E-state index in [9.17, 15) is 26.4 Å². The van der Waals surface area contributed by atoms with Crippen molar-refractivity contribution in [3.05, 3.63) is 24.3 Å². The number of halogens is 3. The third-order valence-corrected chi connectivity index (χ3v) is 6.88. The van der Waals surface area contributed by atoms with E-state index in [1.54, 1.807) is 0 Å². The average molecular weight is 467 g/mol. The standard InChI is InChI=1S/C18H24F3N3O6S/c19-18(20,21)29-14-1-3-16(4-2-14)31(26,27)24-9-5-15(6-10-24)30-23-17(25)22-13-7-11-28-12-8-13/h1-4,13,15H,5-12H2,(H2,22,23,25). The number of hydrogen-bond donors (Lipinski definition) is 2. The minimum absolute atomic E-state index is 0.0252. The van der Waals surface area contributed by atoms with Crippen molar-refractivity contribution in [1.29, 1.82) is 0 Å². The Hall–Kier alpha value is -2.09. The fourth-order valence-corrected chi connectivity index (χ4v) is 4.82. The van der Waals surface area contributed by atoms with Crippen molar-refractivity contribution < 1.29 is 40.7 Å². The van der Waals surface area contributed by atoms with Gasteiger partial charge in [0.25, 0.3) is 0 Å². The second kappa shape index (κ2) is 10.0. The van der Waals surface area contributed by atoms with E-state index in [4.69, 9.17) is 9.57 Å². The van der Waals surface area contributed by atoms with E-state index in [0.29, 0.717) is 26.1 Å². The number of rotatable bonds is 6. The smallest absolute Gasteiger partial charge is 0.406 e. The lowest BCUT2D eigenvalue weighted by atomic mass is 10.1. The monoisotopic (exact) mass is 467 g/mol. The highest BCUT2D eigenvalue weighted by Crippen LogP contribution is 2.26. The first-order valence-corrected chi connectivity index (χ1v) is 11.2. The van der Waals surface area contributed by atoms with Gasteiger partial charge in [-0.2, -0.15) is 4.31 Å². The van der Waals surface area contributed by atoms with Gasteiger partial charge in [-0.1, -0.05) is 0 Å². The van der Waals surface area contributed by atoms with Crippen molar-refractivity contribution in [3.8, 4) is 5.75 Å². The number of nitrogens with zero attached hydrogens (tertiary/aromatic N) is 1. The summed E-state index contributed by atoms with van der Waals surface area (Å²) in [6.07, 6.45) is -3.04. The molecule has 1 aromatic carbocycles. The van der Waals surface area contributed by atoms with Crippen LogP contribution in [0.4, 0.5) is 18.0 Å². The van der Waals surface area contributed by atoms with Crippen molar-refractivity contribution in [2.24, 2.45) is 0 Å². The van der Waals surface area contributed by atoms with Gasteiger partial charge < -0.3 is 14.8 Å². The highest BCUT2D eigenvalue weighted by atomic mass is 32.2. The SMILES string of the molecule is O=C(NOC1CCN(S(=O)(=O)c2ccc(OC(F)(F)F)cc2)CC1)NC1CCOCC1. The van der Waals surface area contributed by atoms with Crippen LogP contribution in [0.3, 0.4) is 0 Å². The van der Waals surface area contributed by atoms with Gasteiger partial charge in [-0.05, 0) is 49.9 Å². The zero-order chi connectivity index (χ0) is 22.5. The molecule has 2 saturated heterocycles. The molecule has 174 valence electrons. The number of carbonyl (C=O) groups is 1. The number of piperidine rings is 1. The third-order valence-electron chi connectivity index (χ3n) is 4.97. The van der Waals surface area contributed by atoms with Crippen LogP contribution in [-0.2, 0) is 19.6 Å². The van der Waals surface area contributed by atoms with Crippen LogP contribution in [0, 0.1) is 0 Å². The van der Waals surface area contributed by atoms with E-state index in [0.717, 1.165) is 37.1 Å². The summed E-state index contributed by atoms with van der Waals surface area (Å²) in [5, 5.41) is 2.79. The number of hydrogen-bond acceptors (Lipinski definition) is 6. The maximum atomic E-state index is 12.7. The molecule has 0 aromatic heterocycles. The van der Waals surface area contributed by atoms with E-state index in [1.807, 2.05) is 0 Å². The van der Waals surface area contributed by atoms with Gasteiger partial charge in [0.05, 0.1) is 11.0 Å². The number of urea groups is 1. The summed E-state index contributed by atoms with van der Waals surface area (Å²) in [5.41, 5.74) is 2.35. The molecule has 2 heterocycles. The summed E-state index contributed by atoms with van der Waals surface area (Å²) in [7, 11) is -3.87. The molecule has 13 heteroatoms. The molecule has 0 atom stereocenters. The lowest BCUT2D eigenvalue weighted by molar-refractivity contribution is -0.274. The molecule has 9 nitrogen and oxygen atoms in total. The van der Waals surface area contributed by atoms with Gasteiger partial charge in [0.15, 0.2) is 0 Å². The quantitative estimate of drug-likeness (QED) is 0.621. The molecule has 0 spiro atoms. The number of carbonyl (C=O) groups excluding carboxylic acids is 1. The van der Waals surface area contributed by atoms with Gasteiger partial charge in [0, 0.05) is 32.3 Å². The van der Waals surface area contributed by atoms with Gasteiger partial charge in [0.2, 0.25) is 10.0 Å². The Morgan fingerprint density at radius 2 is 1.68 bits per heavy atom. The van der Waals surface area contributed by atoms with E-state index in [-0.39, 0.29) is 30.1 Å². The molecule has 2 aliphatic rings. The predicted octanol–water partition coefficient (Wildman–Crippen LogP) is 2.15. The first-order valence-electron chi connectivity index (χ1n) is 9.79. The van der Waals surface area contributed by atoms with Crippen molar-refractivity contribution in [1.82, 2.24) is 15.1 Å². The molecular weight excluding hydrogens is 443 g/mol. The zero-order valence-electron chi connectivity index (χ0n) is 16.6. The first kappa shape index (κ1) is 23.6. The molecule has 0 radical (unpaired) electrons. The number of hydroxylamine groups is 1. The van der Waals surface area contributed by atoms with E-state index in [2.05, 4.69) is 15.5 Å². The van der Waals surface area contributed by atoms with Gasteiger partial charge in [-0.25, -0.2) is 18.7 Å². The summed E-state index contributed by atoms with van der Waals surface area (Å²) in [5.74, 6) is -0.497. The van der Waals surface area contributed by atoms with Crippen molar-refractivity contribution in [2.45, 2.75) is 49.1 Å². The maximum absolute atomic E-state index is 12.7. The number of nitrogens with one attached hydrogen (secondary N) is 2. The molecular formula is C18H24F3N3O6S. The minimum Gasteiger partial charge on any atom is -0.406 e. The Labute approximate surface area is 177 Å². The molecule has 2 amide bonds. The Bertz CT molecular complexity index is 836. The van der Waals surface area contributed by atoms with Crippen molar-refractivity contribution in [3.63, 3.8) is 0 Å². The zero-order valence-corrected chi connectivity index (χ0v) is 17.4. The van der Waals surface area contributed by atoms with Crippen LogP contribution in [-0.4, -0.2) is 63.6 Å². The summed E-state index contributed by atoms with van der Waals surface area (Å²) >= 11 is 0. The van der Waals surface area contributed by atoms with Gasteiger partial charge in [0.1, 0.15) is 5.75 Å². The van der Waals surface area contributed by atoms with Crippen LogP contribution in [0.5, 0.6) is 5.75 Å². The molecule has 2 aliphatic heterocycles. The maximum Gasteiger partial charge on any atom is 0.573 e. The van der Waals surface area contributed by atoms with Crippen molar-refractivity contribution >= 4 is 16.1 Å². The van der Waals surface area contributed by atoms with E-state index < -0.39 is 28.2 Å². The summed E-state index contributed by atoms with van der Waals surface area (Å²) in [6, 6.07) is 3.62. The molecule has 0 bridgehead atoms.